The van der Waals surface area contributed by atoms with Crippen molar-refractivity contribution in [2.45, 2.75) is 56.8 Å². The molecule has 0 bridgehead atoms. The second kappa shape index (κ2) is 5.18. The zero-order chi connectivity index (χ0) is 16.5. The van der Waals surface area contributed by atoms with Gasteiger partial charge in [0.05, 0.1) is 24.7 Å². The summed E-state index contributed by atoms with van der Waals surface area (Å²) in [5.74, 6) is 1.50. The first kappa shape index (κ1) is 15.6. The van der Waals surface area contributed by atoms with Gasteiger partial charge >= 0.3 is 5.97 Å². The Kier molecular flexibility index (Phi) is 3.37. The average molecular weight is 335 g/mol. The van der Waals surface area contributed by atoms with E-state index in [-0.39, 0.29) is 29.2 Å². The largest absolute Gasteiger partial charge is 0.455 e. The molecular formula is C19H29NO4. The van der Waals surface area contributed by atoms with Crippen molar-refractivity contribution in [3.63, 3.8) is 0 Å². The molecule has 0 aromatic carbocycles. The quantitative estimate of drug-likeness (QED) is 0.569. The Labute approximate surface area is 144 Å². The average Bonchev–Trinajstić information content (AvgIpc) is 3.20. The fraction of sp³-hybridized carbons (Fsp3) is 0.947. The lowest BCUT2D eigenvalue weighted by Crippen LogP contribution is -2.58. The monoisotopic (exact) mass is 335 g/mol. The summed E-state index contributed by atoms with van der Waals surface area (Å²) in [6.07, 6.45) is 4.72. The number of carbonyl (C=O) groups is 1. The second-order valence-corrected chi connectivity index (χ2v) is 8.91. The molecule has 0 aromatic rings. The Hall–Kier alpha value is -0.650. The standard InChI is InChI=1S/C19H29NO4/c1-12-3-4-15-13(11-20-7-9-22-10-8-20)16(21)23-19(15)14(12)5-6-18(2)17(19)24-18/h12-15,17H,3-11H2,1-2H3/t12-,13?,14+,15+,17-,18-,19-/m1/s1. The van der Waals surface area contributed by atoms with Crippen LogP contribution in [0.2, 0.25) is 0 Å². The Morgan fingerprint density at radius 3 is 2.75 bits per heavy atom. The highest BCUT2D eigenvalue weighted by atomic mass is 16.7. The SMILES string of the molecule is C[C@@H]1CC[C@H]2C(CN3CCOCC3)C(=O)O[C@]23[C@H]1CC[C@@]1(C)O[C@@H]31. The zero-order valence-electron chi connectivity index (χ0n) is 14.8. The van der Waals surface area contributed by atoms with E-state index >= 15 is 0 Å². The molecule has 2 saturated carbocycles. The van der Waals surface area contributed by atoms with Crippen LogP contribution >= 0.6 is 0 Å². The molecule has 0 aromatic heterocycles. The third-order valence-corrected chi connectivity index (χ3v) is 7.65. The zero-order valence-corrected chi connectivity index (χ0v) is 14.8. The normalized spacial score (nSPS) is 53.8. The van der Waals surface area contributed by atoms with Gasteiger partial charge in [0.1, 0.15) is 11.7 Å². The van der Waals surface area contributed by atoms with Crippen LogP contribution in [0.3, 0.4) is 0 Å². The van der Waals surface area contributed by atoms with Crippen molar-refractivity contribution in [1.29, 1.82) is 0 Å². The minimum atomic E-state index is -0.335. The number of hydrogen-bond acceptors (Lipinski definition) is 5. The molecule has 7 atom stereocenters. The summed E-state index contributed by atoms with van der Waals surface area (Å²) >= 11 is 0. The number of epoxide rings is 1. The van der Waals surface area contributed by atoms with Crippen LogP contribution in [0.25, 0.3) is 0 Å². The van der Waals surface area contributed by atoms with Crippen LogP contribution in [0.4, 0.5) is 0 Å². The van der Waals surface area contributed by atoms with Gasteiger partial charge in [0.25, 0.3) is 0 Å². The van der Waals surface area contributed by atoms with Crippen LogP contribution in [0, 0.1) is 23.7 Å². The summed E-state index contributed by atoms with van der Waals surface area (Å²) in [4.78, 5) is 15.3. The van der Waals surface area contributed by atoms with Gasteiger partial charge in [-0.3, -0.25) is 9.69 Å². The molecule has 2 aliphatic carbocycles. The topological polar surface area (TPSA) is 51.3 Å². The molecule has 134 valence electrons. The van der Waals surface area contributed by atoms with Crippen LogP contribution in [-0.2, 0) is 19.0 Å². The molecule has 3 saturated heterocycles. The first-order valence-electron chi connectivity index (χ1n) is 9.75. The first-order valence-corrected chi connectivity index (χ1v) is 9.75. The number of rotatable bonds is 2. The van der Waals surface area contributed by atoms with Crippen molar-refractivity contribution in [1.82, 2.24) is 4.90 Å². The lowest BCUT2D eigenvalue weighted by Gasteiger charge is -2.50. The predicted molar refractivity (Wildman–Crippen MR) is 87.5 cm³/mol. The van der Waals surface area contributed by atoms with E-state index in [9.17, 15) is 4.79 Å². The molecule has 1 unspecified atom stereocenters. The van der Waals surface area contributed by atoms with Gasteiger partial charge in [-0.05, 0) is 38.5 Å². The van der Waals surface area contributed by atoms with Gasteiger partial charge in [0.15, 0.2) is 0 Å². The molecule has 5 heteroatoms. The van der Waals surface area contributed by atoms with Crippen molar-refractivity contribution in [2.24, 2.45) is 23.7 Å². The smallest absolute Gasteiger partial charge is 0.311 e. The van der Waals surface area contributed by atoms with Gasteiger partial charge in [-0.15, -0.1) is 0 Å². The van der Waals surface area contributed by atoms with E-state index in [0.29, 0.717) is 17.8 Å². The molecule has 5 rings (SSSR count). The molecule has 3 aliphatic heterocycles. The number of morpholine rings is 1. The third kappa shape index (κ3) is 2.01. The lowest BCUT2D eigenvalue weighted by atomic mass is 9.55. The Morgan fingerprint density at radius 2 is 1.96 bits per heavy atom. The van der Waals surface area contributed by atoms with Gasteiger partial charge in [-0.1, -0.05) is 6.92 Å². The highest BCUT2D eigenvalue weighted by molar-refractivity contribution is 5.77. The summed E-state index contributed by atoms with van der Waals surface area (Å²) < 4.78 is 17.9. The molecule has 5 aliphatic rings. The molecular weight excluding hydrogens is 306 g/mol. The molecule has 0 amide bonds. The number of hydrogen-bond donors (Lipinski definition) is 0. The lowest BCUT2D eigenvalue weighted by molar-refractivity contribution is -0.168. The Morgan fingerprint density at radius 1 is 1.17 bits per heavy atom. The van der Waals surface area contributed by atoms with E-state index in [1.54, 1.807) is 0 Å². The van der Waals surface area contributed by atoms with Crippen LogP contribution < -0.4 is 0 Å². The van der Waals surface area contributed by atoms with Crippen molar-refractivity contribution >= 4 is 5.97 Å². The van der Waals surface area contributed by atoms with Crippen molar-refractivity contribution < 1.29 is 19.0 Å². The second-order valence-electron chi connectivity index (χ2n) is 8.91. The minimum Gasteiger partial charge on any atom is -0.455 e. The van der Waals surface area contributed by atoms with Crippen molar-refractivity contribution in [3.8, 4) is 0 Å². The van der Waals surface area contributed by atoms with Crippen LogP contribution in [-0.4, -0.2) is 61.0 Å². The van der Waals surface area contributed by atoms with Gasteiger partial charge < -0.3 is 14.2 Å². The van der Waals surface area contributed by atoms with Crippen molar-refractivity contribution in [3.05, 3.63) is 0 Å². The fourth-order valence-electron chi connectivity index (χ4n) is 6.32. The maximum Gasteiger partial charge on any atom is 0.311 e. The van der Waals surface area contributed by atoms with Crippen LogP contribution in [0.5, 0.6) is 0 Å². The highest BCUT2D eigenvalue weighted by Crippen LogP contribution is 2.66. The van der Waals surface area contributed by atoms with Gasteiger partial charge in [-0.25, -0.2) is 0 Å². The third-order valence-electron chi connectivity index (χ3n) is 7.65. The fourth-order valence-corrected chi connectivity index (χ4v) is 6.32. The van der Waals surface area contributed by atoms with E-state index in [4.69, 9.17) is 14.2 Å². The van der Waals surface area contributed by atoms with Gasteiger partial charge in [0.2, 0.25) is 0 Å². The number of esters is 1. The highest BCUT2D eigenvalue weighted by Gasteiger charge is 2.77. The Bertz CT molecular complexity index is 547. The summed E-state index contributed by atoms with van der Waals surface area (Å²) in [5, 5.41) is 0. The van der Waals surface area contributed by atoms with Gasteiger partial charge in [0, 0.05) is 31.5 Å². The maximum absolute atomic E-state index is 12.9. The summed E-state index contributed by atoms with van der Waals surface area (Å²) in [5.41, 5.74) is -0.376. The molecule has 3 heterocycles. The maximum atomic E-state index is 12.9. The van der Waals surface area contributed by atoms with Gasteiger partial charge in [-0.2, -0.15) is 0 Å². The van der Waals surface area contributed by atoms with E-state index in [1.807, 2.05) is 0 Å². The van der Waals surface area contributed by atoms with E-state index in [0.717, 1.165) is 52.1 Å². The minimum absolute atomic E-state index is 0.0182. The summed E-state index contributed by atoms with van der Waals surface area (Å²) in [7, 11) is 0. The predicted octanol–water partition coefficient (Wildman–Crippen LogP) is 1.84. The summed E-state index contributed by atoms with van der Waals surface area (Å²) in [6.45, 7) is 8.81. The molecule has 0 N–H and O–H groups in total. The number of nitrogens with zero attached hydrogens (tertiary/aromatic N) is 1. The molecule has 5 fully saturated rings. The molecule has 0 radical (unpaired) electrons. The number of ether oxygens (including phenoxy) is 3. The number of carbonyl (C=O) groups excluding carboxylic acids is 1. The molecule has 1 spiro atoms. The van der Waals surface area contributed by atoms with E-state index in [2.05, 4.69) is 18.7 Å². The first-order chi connectivity index (χ1) is 11.5. The van der Waals surface area contributed by atoms with E-state index < -0.39 is 0 Å². The summed E-state index contributed by atoms with van der Waals surface area (Å²) in [6, 6.07) is 0. The molecule has 5 nitrogen and oxygen atoms in total. The van der Waals surface area contributed by atoms with Crippen LogP contribution in [0.1, 0.15) is 39.5 Å². The van der Waals surface area contributed by atoms with Crippen LogP contribution in [0.15, 0.2) is 0 Å². The Balaban J connectivity index is 1.45. The van der Waals surface area contributed by atoms with E-state index in [1.165, 1.54) is 6.42 Å². The number of fused-ring (bicyclic) bond motifs is 1. The molecule has 24 heavy (non-hydrogen) atoms. The van der Waals surface area contributed by atoms with Crippen molar-refractivity contribution in [2.75, 3.05) is 32.8 Å².